The first-order valence-electron chi connectivity index (χ1n) is 8.06. The van der Waals surface area contributed by atoms with E-state index in [-0.39, 0.29) is 16.6 Å². The highest BCUT2D eigenvalue weighted by molar-refractivity contribution is 8.00. The van der Waals surface area contributed by atoms with Crippen LogP contribution < -0.4 is 5.32 Å². The van der Waals surface area contributed by atoms with Crippen LogP contribution in [0, 0.1) is 32.1 Å². The molecule has 2 rings (SSSR count). The van der Waals surface area contributed by atoms with Gasteiger partial charge in [0, 0.05) is 11.4 Å². The van der Waals surface area contributed by atoms with E-state index in [1.807, 2.05) is 26.0 Å². The molecule has 1 aromatic heterocycles. The Morgan fingerprint density at radius 1 is 1.26 bits per heavy atom. The molecule has 1 aromatic carbocycles. The predicted octanol–water partition coefficient (Wildman–Crippen LogP) is 5.02. The molecule has 1 atom stereocenters. The van der Waals surface area contributed by atoms with Crippen molar-refractivity contribution in [1.29, 1.82) is 5.26 Å². The van der Waals surface area contributed by atoms with Crippen LogP contribution in [0.2, 0.25) is 0 Å². The molecular weight excluding hydrogens is 375 g/mol. The zero-order chi connectivity index (χ0) is 20.4. The van der Waals surface area contributed by atoms with Gasteiger partial charge in [-0.3, -0.25) is 4.79 Å². The second kappa shape index (κ2) is 8.01. The Morgan fingerprint density at radius 3 is 2.48 bits per heavy atom. The summed E-state index contributed by atoms with van der Waals surface area (Å²) in [5.41, 5.74) is 1.09. The number of amides is 1. The van der Waals surface area contributed by atoms with Gasteiger partial charge < -0.3 is 5.32 Å². The van der Waals surface area contributed by atoms with E-state index in [4.69, 9.17) is 0 Å². The average Bonchev–Trinajstić information content (AvgIpc) is 2.56. The summed E-state index contributed by atoms with van der Waals surface area (Å²) in [4.78, 5) is 16.5. The third kappa shape index (κ3) is 5.01. The van der Waals surface area contributed by atoms with Crippen LogP contribution in [-0.2, 0) is 11.0 Å². The van der Waals surface area contributed by atoms with Crippen molar-refractivity contribution < 1.29 is 18.0 Å². The van der Waals surface area contributed by atoms with Gasteiger partial charge in [0.15, 0.2) is 0 Å². The second-order valence-corrected chi connectivity index (χ2v) is 7.50. The quantitative estimate of drug-likeness (QED) is 0.741. The Morgan fingerprint density at radius 2 is 1.93 bits per heavy atom. The topological polar surface area (TPSA) is 65.8 Å². The highest BCUT2D eigenvalue weighted by Gasteiger charge is 2.36. The Hall–Kier alpha value is -2.53. The third-order valence-corrected chi connectivity index (χ3v) is 4.92. The molecule has 2 aromatic rings. The number of carbonyl (C=O) groups excluding carboxylic acids is 1. The fourth-order valence-electron chi connectivity index (χ4n) is 2.47. The van der Waals surface area contributed by atoms with E-state index < -0.39 is 22.6 Å². The van der Waals surface area contributed by atoms with Crippen LogP contribution >= 0.6 is 11.8 Å². The molecule has 1 heterocycles. The summed E-state index contributed by atoms with van der Waals surface area (Å²) in [6, 6.07) is 7.95. The highest BCUT2D eigenvalue weighted by atomic mass is 32.2. The standard InChI is InChI=1S/C19H18F3N3OS/c1-10-5-6-16(11(2)7-10)25-17(26)13(4)27-18-14(9-23)15(19(20,21)22)8-12(3)24-18/h5-8,13H,1-4H3,(H,25,26). The summed E-state index contributed by atoms with van der Waals surface area (Å²) < 4.78 is 39.6. The number of carbonyl (C=O) groups is 1. The van der Waals surface area contributed by atoms with Crippen LogP contribution in [0.3, 0.4) is 0 Å². The van der Waals surface area contributed by atoms with E-state index in [9.17, 15) is 23.2 Å². The summed E-state index contributed by atoms with van der Waals surface area (Å²) in [5, 5.41) is 11.1. The number of aryl methyl sites for hydroxylation is 3. The second-order valence-electron chi connectivity index (χ2n) is 6.17. The van der Waals surface area contributed by atoms with Crippen molar-refractivity contribution in [3.63, 3.8) is 0 Å². The maximum atomic E-state index is 13.2. The smallest absolute Gasteiger partial charge is 0.325 e. The summed E-state index contributed by atoms with van der Waals surface area (Å²) in [6.45, 7) is 6.76. The predicted molar refractivity (Wildman–Crippen MR) is 98.6 cm³/mol. The number of aromatic nitrogens is 1. The van der Waals surface area contributed by atoms with Crippen molar-refractivity contribution in [2.24, 2.45) is 0 Å². The SMILES string of the molecule is Cc1ccc(NC(=O)C(C)Sc2nc(C)cc(C(F)(F)F)c2C#N)c(C)c1. The number of nitriles is 1. The maximum absolute atomic E-state index is 13.2. The normalized spacial score (nSPS) is 12.4. The molecule has 0 aliphatic rings. The molecule has 4 nitrogen and oxygen atoms in total. The van der Waals surface area contributed by atoms with Gasteiger partial charge in [-0.05, 0) is 45.4 Å². The Bertz CT molecular complexity index is 920. The molecule has 1 unspecified atom stereocenters. The molecular formula is C19H18F3N3OS. The van der Waals surface area contributed by atoms with Crippen LogP contribution in [-0.4, -0.2) is 16.1 Å². The minimum Gasteiger partial charge on any atom is -0.325 e. The number of anilines is 1. The van der Waals surface area contributed by atoms with Gasteiger partial charge in [-0.25, -0.2) is 4.98 Å². The lowest BCUT2D eigenvalue weighted by molar-refractivity contribution is -0.138. The lowest BCUT2D eigenvalue weighted by Gasteiger charge is -2.16. The number of halogens is 3. The van der Waals surface area contributed by atoms with Crippen molar-refractivity contribution >= 4 is 23.4 Å². The van der Waals surface area contributed by atoms with Gasteiger partial charge in [0.2, 0.25) is 5.91 Å². The number of hydrogen-bond donors (Lipinski definition) is 1. The zero-order valence-corrected chi connectivity index (χ0v) is 16.0. The van der Waals surface area contributed by atoms with Gasteiger partial charge in [0.25, 0.3) is 0 Å². The van der Waals surface area contributed by atoms with E-state index in [0.717, 1.165) is 29.0 Å². The summed E-state index contributed by atoms with van der Waals surface area (Å²) >= 11 is 0.830. The minimum atomic E-state index is -4.67. The molecule has 142 valence electrons. The fourth-order valence-corrected chi connectivity index (χ4v) is 3.44. The number of nitrogens with one attached hydrogen (secondary N) is 1. The first-order chi connectivity index (χ1) is 12.5. The molecule has 0 saturated carbocycles. The number of pyridine rings is 1. The van der Waals surface area contributed by atoms with Gasteiger partial charge in [-0.15, -0.1) is 0 Å². The van der Waals surface area contributed by atoms with E-state index in [2.05, 4.69) is 10.3 Å². The molecule has 1 N–H and O–H groups in total. The van der Waals surface area contributed by atoms with Crippen LogP contribution in [0.25, 0.3) is 0 Å². The summed E-state index contributed by atoms with van der Waals surface area (Å²) in [5.74, 6) is -0.382. The molecule has 0 aliphatic heterocycles. The molecule has 0 fully saturated rings. The number of benzene rings is 1. The molecule has 0 spiro atoms. The van der Waals surface area contributed by atoms with Crippen LogP contribution in [0.1, 0.15) is 34.9 Å². The first kappa shape index (κ1) is 20.8. The molecule has 8 heteroatoms. The number of nitrogens with zero attached hydrogens (tertiary/aromatic N) is 2. The van der Waals surface area contributed by atoms with Gasteiger partial charge >= 0.3 is 6.18 Å². The molecule has 27 heavy (non-hydrogen) atoms. The van der Waals surface area contributed by atoms with E-state index >= 15 is 0 Å². The first-order valence-corrected chi connectivity index (χ1v) is 8.94. The lowest BCUT2D eigenvalue weighted by Crippen LogP contribution is -2.23. The lowest BCUT2D eigenvalue weighted by atomic mass is 10.1. The van der Waals surface area contributed by atoms with Crippen molar-refractivity contribution in [3.8, 4) is 6.07 Å². The molecule has 0 bridgehead atoms. The number of rotatable bonds is 4. The van der Waals surface area contributed by atoms with Gasteiger partial charge in [-0.2, -0.15) is 18.4 Å². The van der Waals surface area contributed by atoms with Gasteiger partial charge in [0.05, 0.1) is 16.4 Å². The van der Waals surface area contributed by atoms with Gasteiger partial charge in [-0.1, -0.05) is 29.5 Å². The average molecular weight is 393 g/mol. The van der Waals surface area contributed by atoms with Crippen molar-refractivity contribution in [1.82, 2.24) is 4.98 Å². The zero-order valence-electron chi connectivity index (χ0n) is 15.2. The number of hydrogen-bond acceptors (Lipinski definition) is 4. The Labute approximate surface area is 159 Å². The monoisotopic (exact) mass is 393 g/mol. The molecule has 0 radical (unpaired) electrons. The van der Waals surface area contributed by atoms with Crippen LogP contribution in [0.4, 0.5) is 18.9 Å². The third-order valence-electron chi connectivity index (χ3n) is 3.83. The summed E-state index contributed by atoms with van der Waals surface area (Å²) in [7, 11) is 0. The van der Waals surface area contributed by atoms with Crippen LogP contribution in [0.5, 0.6) is 0 Å². The van der Waals surface area contributed by atoms with Crippen molar-refractivity contribution in [2.45, 2.75) is 44.1 Å². The maximum Gasteiger partial charge on any atom is 0.417 e. The van der Waals surface area contributed by atoms with Crippen LogP contribution in [0.15, 0.2) is 29.3 Å². The highest BCUT2D eigenvalue weighted by Crippen LogP contribution is 2.37. The van der Waals surface area contributed by atoms with E-state index in [0.29, 0.717) is 5.69 Å². The Kier molecular flexibility index (Phi) is 6.16. The minimum absolute atomic E-state index is 0.104. The molecule has 1 amide bonds. The fraction of sp³-hybridized carbons (Fsp3) is 0.316. The van der Waals surface area contributed by atoms with Gasteiger partial charge in [0.1, 0.15) is 11.1 Å². The van der Waals surface area contributed by atoms with Crippen molar-refractivity contribution in [3.05, 3.63) is 52.2 Å². The van der Waals surface area contributed by atoms with Crippen molar-refractivity contribution in [2.75, 3.05) is 5.32 Å². The molecule has 0 aliphatic carbocycles. The molecule has 0 saturated heterocycles. The number of alkyl halides is 3. The van der Waals surface area contributed by atoms with E-state index in [1.54, 1.807) is 19.1 Å². The number of thioether (sulfide) groups is 1. The summed E-state index contributed by atoms with van der Waals surface area (Å²) in [6.07, 6.45) is -4.67. The Balaban J connectivity index is 2.27. The van der Waals surface area contributed by atoms with E-state index in [1.165, 1.54) is 6.92 Å². The largest absolute Gasteiger partial charge is 0.417 e.